The number of allylic oxidation sites excluding steroid dienone is 2. The summed E-state index contributed by atoms with van der Waals surface area (Å²) in [5, 5.41) is 10.1. The molecule has 1 heterocycles. The van der Waals surface area contributed by atoms with Crippen LogP contribution >= 0.6 is 0 Å². The summed E-state index contributed by atoms with van der Waals surface area (Å²) in [6.45, 7) is 0.959. The quantitative estimate of drug-likeness (QED) is 0.625. The summed E-state index contributed by atoms with van der Waals surface area (Å²) in [6.07, 6.45) is 1.12. The molecule has 1 aromatic carbocycles. The molecule has 148 valence electrons. The summed E-state index contributed by atoms with van der Waals surface area (Å²) in [4.78, 5) is 37.7. The van der Waals surface area contributed by atoms with Crippen molar-refractivity contribution in [3.63, 3.8) is 0 Å². The molecule has 1 aliphatic heterocycles. The number of ether oxygens (including phenoxy) is 1. The van der Waals surface area contributed by atoms with Crippen LogP contribution in [0.1, 0.15) is 12.5 Å². The summed E-state index contributed by atoms with van der Waals surface area (Å²) >= 11 is 0. The minimum Gasteiger partial charge on any atom is -0.463 e. The molecule has 1 saturated heterocycles. The minimum atomic E-state index is -5.33. The Kier molecular flexibility index (Phi) is 4.88. The Morgan fingerprint density at radius 3 is 2.00 bits per heavy atom. The largest absolute Gasteiger partial charge is 0.463 e. The van der Waals surface area contributed by atoms with E-state index in [2.05, 4.69) is 4.74 Å². The van der Waals surface area contributed by atoms with E-state index in [1.807, 2.05) is 0 Å². The molecule has 1 aliphatic carbocycles. The van der Waals surface area contributed by atoms with Crippen molar-refractivity contribution in [2.45, 2.75) is 18.7 Å². The van der Waals surface area contributed by atoms with Gasteiger partial charge in [-0.1, -0.05) is 36.4 Å². The van der Waals surface area contributed by atoms with Crippen LogP contribution in [0.3, 0.4) is 0 Å². The zero-order valence-corrected chi connectivity index (χ0v) is 14.6. The molecule has 9 heteroatoms. The SMILES string of the molecule is CCOC(=O)[C@](O)(c1ccc(N2C(=O)[C@H]3C=CC=C[C@H]3C2=O)cc1)C(F)(F)F. The number of nitrogens with zero attached hydrogens (tertiary/aromatic N) is 1. The Hall–Kier alpha value is -2.94. The summed E-state index contributed by atoms with van der Waals surface area (Å²) < 4.78 is 44.6. The summed E-state index contributed by atoms with van der Waals surface area (Å²) in [5.74, 6) is -4.18. The van der Waals surface area contributed by atoms with Crippen LogP contribution in [0.15, 0.2) is 48.6 Å². The molecule has 1 N–H and O–H groups in total. The van der Waals surface area contributed by atoms with Gasteiger partial charge in [-0.2, -0.15) is 13.2 Å². The Morgan fingerprint density at radius 1 is 1.07 bits per heavy atom. The van der Waals surface area contributed by atoms with E-state index in [4.69, 9.17) is 0 Å². The van der Waals surface area contributed by atoms with E-state index in [-0.39, 0.29) is 12.3 Å². The van der Waals surface area contributed by atoms with Gasteiger partial charge in [0, 0.05) is 5.56 Å². The summed E-state index contributed by atoms with van der Waals surface area (Å²) in [7, 11) is 0. The fraction of sp³-hybridized carbons (Fsp3) is 0.316. The first-order valence-corrected chi connectivity index (χ1v) is 8.42. The highest BCUT2D eigenvalue weighted by molar-refractivity contribution is 6.23. The summed E-state index contributed by atoms with van der Waals surface area (Å²) in [5.41, 5.74) is -4.60. The maximum absolute atomic E-state index is 13.4. The van der Waals surface area contributed by atoms with Gasteiger partial charge in [-0.3, -0.25) is 9.59 Å². The van der Waals surface area contributed by atoms with Crippen LogP contribution < -0.4 is 4.90 Å². The number of hydrogen-bond acceptors (Lipinski definition) is 5. The number of aliphatic hydroxyl groups is 1. The monoisotopic (exact) mass is 395 g/mol. The smallest absolute Gasteiger partial charge is 0.432 e. The predicted molar refractivity (Wildman–Crippen MR) is 90.8 cm³/mol. The first-order chi connectivity index (χ1) is 13.1. The number of fused-ring (bicyclic) bond motifs is 1. The van der Waals surface area contributed by atoms with Crippen LogP contribution in [-0.4, -0.2) is 35.7 Å². The van der Waals surface area contributed by atoms with Crippen molar-refractivity contribution in [2.75, 3.05) is 11.5 Å². The minimum absolute atomic E-state index is 0.0448. The van der Waals surface area contributed by atoms with Crippen LogP contribution in [-0.2, 0) is 24.7 Å². The first-order valence-electron chi connectivity index (χ1n) is 8.42. The normalized spacial score (nSPS) is 23.5. The molecule has 28 heavy (non-hydrogen) atoms. The van der Waals surface area contributed by atoms with Crippen molar-refractivity contribution in [3.05, 3.63) is 54.1 Å². The molecule has 0 unspecified atom stereocenters. The Bertz CT molecular complexity index is 845. The van der Waals surface area contributed by atoms with Gasteiger partial charge in [0.15, 0.2) is 0 Å². The molecule has 3 rings (SSSR count). The highest BCUT2D eigenvalue weighted by atomic mass is 19.4. The van der Waals surface area contributed by atoms with Gasteiger partial charge in [-0.25, -0.2) is 9.69 Å². The number of carbonyl (C=O) groups excluding carboxylic acids is 3. The molecule has 1 fully saturated rings. The number of anilines is 1. The van der Waals surface area contributed by atoms with Crippen molar-refractivity contribution >= 4 is 23.5 Å². The number of esters is 1. The lowest BCUT2D eigenvalue weighted by Crippen LogP contribution is -2.50. The Morgan fingerprint density at radius 2 is 1.57 bits per heavy atom. The molecule has 1 aromatic rings. The van der Waals surface area contributed by atoms with Gasteiger partial charge in [0.25, 0.3) is 5.60 Å². The second-order valence-corrected chi connectivity index (χ2v) is 6.31. The predicted octanol–water partition coefficient (Wildman–Crippen LogP) is 2.23. The highest BCUT2D eigenvalue weighted by Gasteiger charge is 2.62. The number of amides is 2. The van der Waals surface area contributed by atoms with Gasteiger partial charge in [0.2, 0.25) is 11.8 Å². The van der Waals surface area contributed by atoms with Gasteiger partial charge in [-0.15, -0.1) is 0 Å². The number of rotatable bonds is 4. The number of hydrogen-bond donors (Lipinski definition) is 1. The zero-order chi connectivity index (χ0) is 20.7. The van der Waals surface area contributed by atoms with E-state index >= 15 is 0 Å². The standard InChI is InChI=1S/C19H16F3NO5/c1-2-28-17(26)18(27,19(20,21)22)11-7-9-12(10-8-11)23-15(24)13-5-3-4-6-14(13)16(23)25/h3-10,13-14,27H,2H2,1H3/t13-,14+,18-/m1/s1. The third kappa shape index (κ3) is 2.91. The highest BCUT2D eigenvalue weighted by Crippen LogP contribution is 2.41. The van der Waals surface area contributed by atoms with E-state index in [1.54, 1.807) is 24.3 Å². The molecule has 0 spiro atoms. The van der Waals surface area contributed by atoms with Crippen molar-refractivity contribution in [3.8, 4) is 0 Å². The van der Waals surface area contributed by atoms with E-state index in [0.29, 0.717) is 0 Å². The number of benzene rings is 1. The fourth-order valence-corrected chi connectivity index (χ4v) is 3.22. The van der Waals surface area contributed by atoms with Gasteiger partial charge >= 0.3 is 12.1 Å². The average molecular weight is 395 g/mol. The topological polar surface area (TPSA) is 83.9 Å². The van der Waals surface area contributed by atoms with Gasteiger partial charge in [0.1, 0.15) is 0 Å². The lowest BCUT2D eigenvalue weighted by Gasteiger charge is -2.28. The van der Waals surface area contributed by atoms with E-state index in [1.165, 1.54) is 6.92 Å². The Balaban J connectivity index is 1.96. The van der Waals surface area contributed by atoms with Crippen LogP contribution in [0.2, 0.25) is 0 Å². The zero-order valence-electron chi connectivity index (χ0n) is 14.6. The Labute approximate surface area is 157 Å². The van der Waals surface area contributed by atoms with Crippen LogP contribution in [0.5, 0.6) is 0 Å². The molecule has 0 aromatic heterocycles. The number of halogens is 3. The molecule has 2 aliphatic rings. The maximum atomic E-state index is 13.4. The lowest BCUT2D eigenvalue weighted by atomic mass is 9.91. The first kappa shape index (κ1) is 19.8. The van der Waals surface area contributed by atoms with E-state index in [9.17, 15) is 32.7 Å². The third-order valence-corrected chi connectivity index (χ3v) is 4.67. The van der Waals surface area contributed by atoms with Crippen molar-refractivity contribution < 1.29 is 37.4 Å². The number of imide groups is 1. The fourth-order valence-electron chi connectivity index (χ4n) is 3.22. The van der Waals surface area contributed by atoms with Crippen molar-refractivity contribution in [1.29, 1.82) is 0 Å². The summed E-state index contributed by atoms with van der Waals surface area (Å²) in [6, 6.07) is 3.83. The molecular weight excluding hydrogens is 379 g/mol. The van der Waals surface area contributed by atoms with Crippen LogP contribution in [0, 0.1) is 11.8 Å². The lowest BCUT2D eigenvalue weighted by molar-refractivity contribution is -0.267. The van der Waals surface area contributed by atoms with E-state index < -0.39 is 47.0 Å². The van der Waals surface area contributed by atoms with Crippen LogP contribution in [0.4, 0.5) is 18.9 Å². The third-order valence-electron chi connectivity index (χ3n) is 4.67. The molecule has 3 atom stereocenters. The molecule has 0 radical (unpaired) electrons. The average Bonchev–Trinajstić information content (AvgIpc) is 2.91. The molecule has 2 amide bonds. The van der Waals surface area contributed by atoms with Gasteiger partial charge < -0.3 is 9.84 Å². The second kappa shape index (κ2) is 6.90. The number of alkyl halides is 3. The van der Waals surface area contributed by atoms with Gasteiger partial charge in [0.05, 0.1) is 24.1 Å². The number of carbonyl (C=O) groups is 3. The second-order valence-electron chi connectivity index (χ2n) is 6.31. The molecule has 6 nitrogen and oxygen atoms in total. The van der Waals surface area contributed by atoms with Crippen molar-refractivity contribution in [2.24, 2.45) is 11.8 Å². The molecule has 0 saturated carbocycles. The van der Waals surface area contributed by atoms with Crippen molar-refractivity contribution in [1.82, 2.24) is 0 Å². The molecule has 0 bridgehead atoms. The van der Waals surface area contributed by atoms with Crippen LogP contribution in [0.25, 0.3) is 0 Å². The molecular formula is C19H16F3NO5. The maximum Gasteiger partial charge on any atom is 0.432 e. The van der Waals surface area contributed by atoms with E-state index in [0.717, 1.165) is 29.2 Å². The van der Waals surface area contributed by atoms with Gasteiger partial charge in [-0.05, 0) is 19.1 Å².